The molecule has 0 aromatic rings. The summed E-state index contributed by atoms with van der Waals surface area (Å²) in [5.41, 5.74) is 0. The molecule has 1 amide bonds. The molecule has 0 aliphatic carbocycles. The molecule has 0 aromatic carbocycles. The van der Waals surface area contributed by atoms with Crippen molar-refractivity contribution in [3.63, 3.8) is 0 Å². The molecule has 0 spiro atoms. The number of nitrogens with zero attached hydrogens (tertiary/aromatic N) is 2. The van der Waals surface area contributed by atoms with E-state index in [-0.39, 0.29) is 18.6 Å². The van der Waals surface area contributed by atoms with E-state index < -0.39 is 5.97 Å². The fourth-order valence-corrected chi connectivity index (χ4v) is 2.86. The summed E-state index contributed by atoms with van der Waals surface area (Å²) in [6.07, 6.45) is 4.60. The van der Waals surface area contributed by atoms with E-state index in [4.69, 9.17) is 9.84 Å². The lowest BCUT2D eigenvalue weighted by Crippen LogP contribution is -2.38. The van der Waals surface area contributed by atoms with Gasteiger partial charge in [0.2, 0.25) is 5.91 Å². The molecule has 1 unspecified atom stereocenters. The van der Waals surface area contributed by atoms with Crippen LogP contribution in [0.2, 0.25) is 0 Å². The molecule has 0 bridgehead atoms. The van der Waals surface area contributed by atoms with Gasteiger partial charge in [-0.3, -0.25) is 14.5 Å². The predicted molar refractivity (Wildman–Crippen MR) is 73.5 cm³/mol. The van der Waals surface area contributed by atoms with Crippen molar-refractivity contribution in [3.05, 3.63) is 0 Å². The van der Waals surface area contributed by atoms with E-state index in [0.29, 0.717) is 19.5 Å². The van der Waals surface area contributed by atoms with Crippen LogP contribution >= 0.6 is 0 Å². The Labute approximate surface area is 119 Å². The van der Waals surface area contributed by atoms with E-state index in [9.17, 15) is 9.59 Å². The molecule has 6 heteroatoms. The van der Waals surface area contributed by atoms with Crippen molar-refractivity contribution in [3.8, 4) is 0 Å². The maximum Gasteiger partial charge on any atom is 0.317 e. The number of rotatable bonds is 4. The molecule has 2 aliphatic heterocycles. The predicted octanol–water partition coefficient (Wildman–Crippen LogP) is 0.564. The second kappa shape index (κ2) is 7.59. The van der Waals surface area contributed by atoms with Crippen LogP contribution in [0.1, 0.15) is 32.1 Å². The van der Waals surface area contributed by atoms with E-state index in [1.807, 2.05) is 9.80 Å². The number of hydrogen-bond acceptors (Lipinski definition) is 4. The van der Waals surface area contributed by atoms with Crippen molar-refractivity contribution in [1.29, 1.82) is 0 Å². The number of carbonyl (C=O) groups is 2. The van der Waals surface area contributed by atoms with Crippen LogP contribution in [0.4, 0.5) is 0 Å². The summed E-state index contributed by atoms with van der Waals surface area (Å²) in [7, 11) is 0. The van der Waals surface area contributed by atoms with Gasteiger partial charge in [-0.2, -0.15) is 0 Å². The van der Waals surface area contributed by atoms with Crippen molar-refractivity contribution in [1.82, 2.24) is 9.80 Å². The number of hydrogen-bond donors (Lipinski definition) is 1. The van der Waals surface area contributed by atoms with Crippen molar-refractivity contribution in [2.24, 2.45) is 0 Å². The molecular formula is C14H24N2O4. The molecule has 0 saturated carbocycles. The van der Waals surface area contributed by atoms with E-state index in [2.05, 4.69) is 0 Å². The molecule has 0 aromatic heterocycles. The van der Waals surface area contributed by atoms with Gasteiger partial charge in [0.1, 0.15) is 0 Å². The highest BCUT2D eigenvalue weighted by molar-refractivity contribution is 5.76. The molecule has 2 rings (SSSR count). The van der Waals surface area contributed by atoms with Gasteiger partial charge in [0, 0.05) is 32.8 Å². The van der Waals surface area contributed by atoms with Crippen LogP contribution in [0.15, 0.2) is 0 Å². The summed E-state index contributed by atoms with van der Waals surface area (Å²) in [6, 6.07) is 0. The van der Waals surface area contributed by atoms with Crippen molar-refractivity contribution in [2.45, 2.75) is 38.2 Å². The minimum absolute atomic E-state index is 0.0633. The van der Waals surface area contributed by atoms with E-state index >= 15 is 0 Å². The number of aliphatic carboxylic acids is 1. The second-order valence-electron chi connectivity index (χ2n) is 5.60. The second-order valence-corrected chi connectivity index (χ2v) is 5.60. The van der Waals surface area contributed by atoms with Gasteiger partial charge in [0.25, 0.3) is 0 Å². The zero-order valence-corrected chi connectivity index (χ0v) is 11.9. The quantitative estimate of drug-likeness (QED) is 0.817. The average molecular weight is 284 g/mol. The topological polar surface area (TPSA) is 70.1 Å². The average Bonchev–Trinajstić information content (AvgIpc) is 2.65. The van der Waals surface area contributed by atoms with Crippen LogP contribution in [0.25, 0.3) is 0 Å². The van der Waals surface area contributed by atoms with E-state index in [0.717, 1.165) is 45.4 Å². The third-order valence-electron chi connectivity index (χ3n) is 3.98. The first kappa shape index (κ1) is 15.3. The number of carboxylic acid groups (broad SMARTS) is 1. The van der Waals surface area contributed by atoms with Gasteiger partial charge < -0.3 is 14.7 Å². The molecule has 2 aliphatic rings. The molecule has 2 saturated heterocycles. The van der Waals surface area contributed by atoms with Gasteiger partial charge in [-0.1, -0.05) is 0 Å². The van der Waals surface area contributed by atoms with Crippen molar-refractivity contribution >= 4 is 11.9 Å². The monoisotopic (exact) mass is 284 g/mol. The van der Waals surface area contributed by atoms with E-state index in [1.54, 1.807) is 0 Å². The van der Waals surface area contributed by atoms with Gasteiger partial charge in [-0.15, -0.1) is 0 Å². The molecule has 20 heavy (non-hydrogen) atoms. The fraction of sp³-hybridized carbons (Fsp3) is 0.857. The molecular weight excluding hydrogens is 260 g/mol. The summed E-state index contributed by atoms with van der Waals surface area (Å²) in [4.78, 5) is 26.7. The van der Waals surface area contributed by atoms with Gasteiger partial charge in [-0.25, -0.2) is 0 Å². The Morgan fingerprint density at radius 1 is 1.10 bits per heavy atom. The largest absolute Gasteiger partial charge is 0.480 e. The highest BCUT2D eigenvalue weighted by atomic mass is 16.5. The Morgan fingerprint density at radius 2 is 1.95 bits per heavy atom. The van der Waals surface area contributed by atoms with Crippen LogP contribution < -0.4 is 0 Å². The summed E-state index contributed by atoms with van der Waals surface area (Å²) >= 11 is 0. The smallest absolute Gasteiger partial charge is 0.317 e. The number of carboxylic acids is 1. The molecule has 114 valence electrons. The summed E-state index contributed by atoms with van der Waals surface area (Å²) in [6.45, 7) is 3.57. The SMILES string of the molecule is O=C(O)CN1CCCN(C(=O)CC2CCCCO2)CC1. The molecule has 1 N–H and O–H groups in total. The Kier molecular flexibility index (Phi) is 5.79. The Balaban J connectivity index is 1.77. The number of carbonyl (C=O) groups excluding carboxylic acids is 1. The van der Waals surface area contributed by atoms with Crippen molar-refractivity contribution in [2.75, 3.05) is 39.3 Å². The highest BCUT2D eigenvalue weighted by Gasteiger charge is 2.24. The first-order chi connectivity index (χ1) is 9.65. The molecule has 0 radical (unpaired) electrons. The molecule has 2 fully saturated rings. The van der Waals surface area contributed by atoms with Crippen molar-refractivity contribution < 1.29 is 19.4 Å². The van der Waals surface area contributed by atoms with Gasteiger partial charge in [-0.05, 0) is 25.7 Å². The zero-order valence-electron chi connectivity index (χ0n) is 11.9. The summed E-state index contributed by atoms with van der Waals surface area (Å²) in [5.74, 6) is -0.658. The van der Waals surface area contributed by atoms with Crippen LogP contribution in [0, 0.1) is 0 Å². The number of amides is 1. The third kappa shape index (κ3) is 4.76. The molecule has 1 atom stereocenters. The molecule has 2 heterocycles. The Hall–Kier alpha value is -1.14. The Bertz CT molecular complexity index is 342. The lowest BCUT2D eigenvalue weighted by Gasteiger charge is -2.26. The van der Waals surface area contributed by atoms with Crippen LogP contribution in [-0.4, -0.2) is 72.2 Å². The normalized spacial score (nSPS) is 25.2. The maximum atomic E-state index is 12.3. The first-order valence-electron chi connectivity index (χ1n) is 7.48. The fourth-order valence-electron chi connectivity index (χ4n) is 2.86. The van der Waals surface area contributed by atoms with Crippen LogP contribution in [-0.2, 0) is 14.3 Å². The van der Waals surface area contributed by atoms with Gasteiger partial charge >= 0.3 is 5.97 Å². The summed E-state index contributed by atoms with van der Waals surface area (Å²) in [5, 5.41) is 8.81. The van der Waals surface area contributed by atoms with Crippen LogP contribution in [0.3, 0.4) is 0 Å². The van der Waals surface area contributed by atoms with Gasteiger partial charge in [0.15, 0.2) is 0 Å². The maximum absolute atomic E-state index is 12.3. The molecule has 6 nitrogen and oxygen atoms in total. The van der Waals surface area contributed by atoms with Gasteiger partial charge in [0.05, 0.1) is 19.1 Å². The minimum atomic E-state index is -0.805. The summed E-state index contributed by atoms with van der Waals surface area (Å²) < 4.78 is 5.61. The minimum Gasteiger partial charge on any atom is -0.480 e. The standard InChI is InChI=1S/C14H24N2O4/c17-13(10-12-4-1-2-9-20-12)16-6-3-5-15(7-8-16)11-14(18)19/h12H,1-11H2,(H,18,19). The lowest BCUT2D eigenvalue weighted by atomic mass is 10.1. The zero-order chi connectivity index (χ0) is 14.4. The van der Waals surface area contributed by atoms with E-state index in [1.165, 1.54) is 0 Å². The van der Waals surface area contributed by atoms with Crippen LogP contribution in [0.5, 0.6) is 0 Å². The Morgan fingerprint density at radius 3 is 2.65 bits per heavy atom. The highest BCUT2D eigenvalue weighted by Crippen LogP contribution is 2.17. The lowest BCUT2D eigenvalue weighted by molar-refractivity contribution is -0.138. The number of ether oxygens (including phenoxy) is 1. The third-order valence-corrected chi connectivity index (χ3v) is 3.98. The first-order valence-corrected chi connectivity index (χ1v) is 7.48.